The number of likely N-dealkylation sites (N-methyl/N-ethyl adjacent to an activating group) is 1. The van der Waals surface area contributed by atoms with Crippen LogP contribution >= 0.6 is 0 Å². The third-order valence-corrected chi connectivity index (χ3v) is 5.16. The van der Waals surface area contributed by atoms with E-state index in [0.717, 1.165) is 11.6 Å². The summed E-state index contributed by atoms with van der Waals surface area (Å²) in [5.41, 5.74) is -0.174. The van der Waals surface area contributed by atoms with E-state index in [9.17, 15) is 28.3 Å². The van der Waals surface area contributed by atoms with E-state index in [0.29, 0.717) is 5.69 Å². The minimum Gasteiger partial charge on any atom is -0.390 e. The van der Waals surface area contributed by atoms with Crippen LogP contribution in [0.3, 0.4) is 0 Å². The van der Waals surface area contributed by atoms with Gasteiger partial charge in [0.25, 0.3) is 5.91 Å². The molecule has 2 aromatic rings. The Kier molecular flexibility index (Phi) is 5.72. The molecular weight excluding hydrogens is 397 g/mol. The van der Waals surface area contributed by atoms with Crippen molar-refractivity contribution in [2.24, 2.45) is 0 Å². The van der Waals surface area contributed by atoms with Gasteiger partial charge in [-0.3, -0.25) is 4.79 Å². The lowest BCUT2D eigenvalue weighted by molar-refractivity contribution is -0.137. The average Bonchev–Trinajstić information content (AvgIpc) is 3.06. The number of pyridine rings is 1. The van der Waals surface area contributed by atoms with Gasteiger partial charge in [-0.2, -0.15) is 18.4 Å². The van der Waals surface area contributed by atoms with Gasteiger partial charge in [0, 0.05) is 25.0 Å². The largest absolute Gasteiger partial charge is 0.417 e. The summed E-state index contributed by atoms with van der Waals surface area (Å²) in [5.74, 6) is -0.733. The fraction of sp³-hybridized carbons (Fsp3) is 0.381. The van der Waals surface area contributed by atoms with Crippen LogP contribution in [0.4, 0.5) is 24.7 Å². The fourth-order valence-electron chi connectivity index (χ4n) is 3.67. The highest BCUT2D eigenvalue weighted by atomic mass is 19.4. The van der Waals surface area contributed by atoms with Gasteiger partial charge < -0.3 is 14.9 Å². The number of nitrogens with zero attached hydrogens (tertiary/aromatic N) is 4. The van der Waals surface area contributed by atoms with Crippen molar-refractivity contribution in [2.45, 2.75) is 38.6 Å². The zero-order chi connectivity index (χ0) is 22.2. The van der Waals surface area contributed by atoms with Crippen LogP contribution in [0.25, 0.3) is 0 Å². The number of hydrogen-bond acceptors (Lipinski definition) is 5. The van der Waals surface area contributed by atoms with Crippen LogP contribution in [0.5, 0.6) is 0 Å². The molecule has 158 valence electrons. The molecule has 3 rings (SSSR count). The summed E-state index contributed by atoms with van der Waals surface area (Å²) >= 11 is 0. The van der Waals surface area contributed by atoms with E-state index >= 15 is 0 Å². The van der Waals surface area contributed by atoms with Crippen molar-refractivity contribution in [2.75, 3.05) is 23.4 Å². The molecule has 0 saturated carbocycles. The molecule has 1 aliphatic rings. The first-order valence-electron chi connectivity index (χ1n) is 9.32. The Hall–Kier alpha value is -3.12. The second-order valence-corrected chi connectivity index (χ2v) is 7.35. The number of anilines is 2. The Labute approximate surface area is 172 Å². The molecule has 1 aromatic carbocycles. The number of halogens is 3. The van der Waals surface area contributed by atoms with Crippen LogP contribution in [0.1, 0.15) is 28.8 Å². The van der Waals surface area contributed by atoms with E-state index in [4.69, 9.17) is 0 Å². The molecule has 0 spiro atoms. The lowest BCUT2D eigenvalue weighted by Gasteiger charge is -2.31. The average molecular weight is 418 g/mol. The van der Waals surface area contributed by atoms with E-state index in [2.05, 4.69) is 4.98 Å². The first-order chi connectivity index (χ1) is 14.0. The minimum absolute atomic E-state index is 0.0657. The normalized spacial score (nSPS) is 18.9. The fourth-order valence-corrected chi connectivity index (χ4v) is 3.67. The molecule has 1 saturated heterocycles. The standard InChI is InChI=1S/C21H21F3N4O2/c1-12-5-4-6-14(9-12)27(3)20(30)18-17(29)7-8-28(18)19-15(11-25)16(21(22,23)24)10-13(2)26-19/h4-6,9-10,17-18,29H,7-8H2,1-3H3/t17-,18+/m1/s1. The van der Waals surface area contributed by atoms with Crippen LogP contribution in [-0.4, -0.2) is 41.7 Å². The summed E-state index contributed by atoms with van der Waals surface area (Å²) in [7, 11) is 1.54. The number of aryl methyl sites for hydroxylation is 2. The molecule has 1 aromatic heterocycles. The SMILES string of the molecule is Cc1cccc(N(C)C(=O)[C@@H]2[C@H](O)CCN2c2nc(C)cc(C(F)(F)F)c2C#N)c1. The molecule has 1 fully saturated rings. The third-order valence-electron chi connectivity index (χ3n) is 5.16. The quantitative estimate of drug-likeness (QED) is 0.828. The highest BCUT2D eigenvalue weighted by molar-refractivity contribution is 5.99. The van der Waals surface area contributed by atoms with Gasteiger partial charge >= 0.3 is 6.18 Å². The third kappa shape index (κ3) is 3.96. The van der Waals surface area contributed by atoms with Crippen LogP contribution < -0.4 is 9.80 Å². The summed E-state index contributed by atoms with van der Waals surface area (Å²) < 4.78 is 40.4. The number of benzene rings is 1. The molecule has 6 nitrogen and oxygen atoms in total. The first kappa shape index (κ1) is 21.6. The van der Waals surface area contributed by atoms with Crippen molar-refractivity contribution in [1.82, 2.24) is 4.98 Å². The van der Waals surface area contributed by atoms with E-state index in [1.165, 1.54) is 23.8 Å². The zero-order valence-electron chi connectivity index (χ0n) is 16.7. The second-order valence-electron chi connectivity index (χ2n) is 7.35. The number of alkyl halides is 3. The van der Waals surface area contributed by atoms with Crippen LogP contribution in [-0.2, 0) is 11.0 Å². The highest BCUT2D eigenvalue weighted by Gasteiger charge is 2.44. The van der Waals surface area contributed by atoms with E-state index in [-0.39, 0.29) is 24.5 Å². The van der Waals surface area contributed by atoms with E-state index in [1.807, 2.05) is 13.0 Å². The van der Waals surface area contributed by atoms with Gasteiger partial charge in [0.05, 0.1) is 11.7 Å². The molecule has 2 atom stereocenters. The Bertz CT molecular complexity index is 1020. The first-order valence-corrected chi connectivity index (χ1v) is 9.32. The predicted octanol–water partition coefficient (Wildman–Crippen LogP) is 3.19. The Morgan fingerprint density at radius 3 is 2.63 bits per heavy atom. The van der Waals surface area contributed by atoms with Crippen LogP contribution in [0.15, 0.2) is 30.3 Å². The van der Waals surface area contributed by atoms with Gasteiger partial charge in [0.1, 0.15) is 23.5 Å². The molecule has 0 radical (unpaired) electrons. The number of carbonyl (C=O) groups is 1. The van der Waals surface area contributed by atoms with E-state index < -0.39 is 35.4 Å². The highest BCUT2D eigenvalue weighted by Crippen LogP contribution is 2.38. The Balaban J connectivity index is 2.05. The minimum atomic E-state index is -4.75. The monoisotopic (exact) mass is 418 g/mol. The van der Waals surface area contributed by atoms with Crippen LogP contribution in [0.2, 0.25) is 0 Å². The molecule has 0 aliphatic carbocycles. The molecule has 0 bridgehead atoms. The lowest BCUT2D eigenvalue weighted by Crippen LogP contribution is -2.49. The second kappa shape index (κ2) is 7.95. The van der Waals surface area contributed by atoms with Crippen LogP contribution in [0, 0.1) is 25.2 Å². The number of carbonyl (C=O) groups excluding carboxylic acids is 1. The number of amides is 1. The molecule has 2 heterocycles. The van der Waals surface area contributed by atoms with Crippen molar-refractivity contribution in [1.29, 1.82) is 5.26 Å². The molecule has 1 amide bonds. The number of nitriles is 1. The topological polar surface area (TPSA) is 80.5 Å². The van der Waals surface area contributed by atoms with Crippen molar-refractivity contribution in [3.63, 3.8) is 0 Å². The summed E-state index contributed by atoms with van der Waals surface area (Å²) in [6.45, 7) is 3.36. The lowest BCUT2D eigenvalue weighted by atomic mass is 10.1. The van der Waals surface area contributed by atoms with Crippen molar-refractivity contribution < 1.29 is 23.1 Å². The molecule has 1 N–H and O–H groups in total. The van der Waals surface area contributed by atoms with Gasteiger partial charge in [-0.1, -0.05) is 12.1 Å². The maximum Gasteiger partial charge on any atom is 0.417 e. The van der Waals surface area contributed by atoms with Gasteiger partial charge in [0.2, 0.25) is 0 Å². The maximum atomic E-state index is 13.5. The van der Waals surface area contributed by atoms with Crippen molar-refractivity contribution in [3.05, 3.63) is 52.7 Å². The molecule has 30 heavy (non-hydrogen) atoms. The number of aliphatic hydroxyl groups excluding tert-OH is 1. The molecule has 9 heteroatoms. The summed E-state index contributed by atoms with van der Waals surface area (Å²) in [6.07, 6.45) is -5.68. The molecular formula is C21H21F3N4O2. The van der Waals surface area contributed by atoms with Gasteiger partial charge in [-0.05, 0) is 44.0 Å². The predicted molar refractivity (Wildman–Crippen MR) is 105 cm³/mol. The van der Waals surface area contributed by atoms with Crippen molar-refractivity contribution in [3.8, 4) is 6.07 Å². The zero-order valence-corrected chi connectivity index (χ0v) is 16.7. The molecule has 0 unspecified atom stereocenters. The summed E-state index contributed by atoms with van der Waals surface area (Å²) in [6, 6.07) is 8.41. The summed E-state index contributed by atoms with van der Waals surface area (Å²) in [4.78, 5) is 20.0. The molecule has 1 aliphatic heterocycles. The Morgan fingerprint density at radius 1 is 1.33 bits per heavy atom. The van der Waals surface area contributed by atoms with Gasteiger partial charge in [0.15, 0.2) is 0 Å². The number of hydrogen-bond donors (Lipinski definition) is 1. The van der Waals surface area contributed by atoms with Gasteiger partial charge in [-0.25, -0.2) is 4.98 Å². The number of aliphatic hydroxyl groups is 1. The van der Waals surface area contributed by atoms with Gasteiger partial charge in [-0.15, -0.1) is 0 Å². The summed E-state index contributed by atoms with van der Waals surface area (Å²) in [5, 5.41) is 19.9. The number of aromatic nitrogens is 1. The smallest absolute Gasteiger partial charge is 0.390 e. The maximum absolute atomic E-state index is 13.5. The Morgan fingerprint density at radius 2 is 2.03 bits per heavy atom. The number of rotatable bonds is 3. The van der Waals surface area contributed by atoms with E-state index in [1.54, 1.807) is 24.3 Å². The van der Waals surface area contributed by atoms with Crippen molar-refractivity contribution >= 4 is 17.4 Å².